The topological polar surface area (TPSA) is 38.7 Å². The maximum atomic E-state index is 10.0. The number of carbonyl (C=O) groups excluding carboxylic acids is 1. The number of ether oxygens (including phenoxy) is 1. The maximum Gasteiger partial charge on any atom is 0.235 e. The van der Waals surface area contributed by atoms with Gasteiger partial charge in [-0.15, -0.1) is 0 Å². The molecule has 0 aromatic heterocycles. The Labute approximate surface area is 79.2 Å². The van der Waals surface area contributed by atoms with Crippen LogP contribution in [0.15, 0.2) is 4.99 Å². The van der Waals surface area contributed by atoms with E-state index in [1.165, 1.54) is 25.7 Å². The maximum absolute atomic E-state index is 10.0. The van der Waals surface area contributed by atoms with Crippen LogP contribution < -0.4 is 0 Å². The summed E-state index contributed by atoms with van der Waals surface area (Å²) in [6.07, 6.45) is 6.51. The SMILES string of the molecule is COC(C)(CN=C=O)C1CCCC1. The summed E-state index contributed by atoms with van der Waals surface area (Å²) in [5, 5.41) is 0. The number of methoxy groups -OCH3 is 1. The molecule has 0 N–H and O–H groups in total. The fraction of sp³-hybridized carbons (Fsp3) is 0.900. The minimum absolute atomic E-state index is 0.256. The Hall–Kier alpha value is -0.660. The molecule has 0 aliphatic heterocycles. The van der Waals surface area contributed by atoms with E-state index in [4.69, 9.17) is 4.74 Å². The van der Waals surface area contributed by atoms with Gasteiger partial charge in [0.2, 0.25) is 6.08 Å². The predicted molar refractivity (Wildman–Crippen MR) is 50.4 cm³/mol. The van der Waals surface area contributed by atoms with Crippen LogP contribution in [0.25, 0.3) is 0 Å². The zero-order valence-electron chi connectivity index (χ0n) is 8.38. The van der Waals surface area contributed by atoms with Crippen LogP contribution in [0.3, 0.4) is 0 Å². The third-order valence-corrected chi connectivity index (χ3v) is 3.14. The van der Waals surface area contributed by atoms with E-state index in [-0.39, 0.29) is 5.60 Å². The number of hydrogen-bond donors (Lipinski definition) is 0. The summed E-state index contributed by atoms with van der Waals surface area (Å²) in [5.74, 6) is 0.551. The zero-order valence-corrected chi connectivity index (χ0v) is 8.38. The third kappa shape index (κ3) is 2.39. The van der Waals surface area contributed by atoms with Crippen molar-refractivity contribution < 1.29 is 9.53 Å². The largest absolute Gasteiger partial charge is 0.376 e. The molecule has 0 aromatic rings. The Bertz CT molecular complexity index is 205. The van der Waals surface area contributed by atoms with E-state index in [2.05, 4.69) is 4.99 Å². The predicted octanol–water partition coefficient (Wildman–Crippen LogP) is 1.92. The van der Waals surface area contributed by atoms with Crippen LogP contribution in [0.2, 0.25) is 0 Å². The average molecular weight is 183 g/mol. The Morgan fingerprint density at radius 1 is 1.54 bits per heavy atom. The monoisotopic (exact) mass is 183 g/mol. The van der Waals surface area contributed by atoms with E-state index in [0.717, 1.165) is 0 Å². The first kappa shape index (κ1) is 10.4. The molecule has 1 rings (SSSR count). The number of aliphatic imine (C=N–C) groups is 1. The molecule has 0 aromatic carbocycles. The van der Waals surface area contributed by atoms with Crippen molar-refractivity contribution in [3.05, 3.63) is 0 Å². The first-order valence-corrected chi connectivity index (χ1v) is 4.82. The molecule has 74 valence electrons. The molecule has 0 radical (unpaired) electrons. The highest BCUT2D eigenvalue weighted by atomic mass is 16.5. The molecule has 3 nitrogen and oxygen atoms in total. The molecule has 1 atom stereocenters. The molecule has 0 spiro atoms. The van der Waals surface area contributed by atoms with Crippen LogP contribution in [0.1, 0.15) is 32.6 Å². The molecule has 0 bridgehead atoms. The molecule has 1 saturated carbocycles. The lowest BCUT2D eigenvalue weighted by Gasteiger charge is -2.32. The second-order valence-corrected chi connectivity index (χ2v) is 3.91. The molecule has 1 aliphatic carbocycles. The Morgan fingerprint density at radius 3 is 2.62 bits per heavy atom. The van der Waals surface area contributed by atoms with E-state index >= 15 is 0 Å². The first-order chi connectivity index (χ1) is 6.23. The van der Waals surface area contributed by atoms with Gasteiger partial charge >= 0.3 is 0 Å². The normalized spacial score (nSPS) is 22.3. The summed E-state index contributed by atoms with van der Waals surface area (Å²) in [4.78, 5) is 13.7. The molecule has 1 fully saturated rings. The third-order valence-electron chi connectivity index (χ3n) is 3.14. The summed E-state index contributed by atoms with van der Waals surface area (Å²) in [6.45, 7) is 2.47. The second kappa shape index (κ2) is 4.54. The van der Waals surface area contributed by atoms with Gasteiger partial charge in [0.1, 0.15) is 0 Å². The lowest BCUT2D eigenvalue weighted by atomic mass is 9.87. The van der Waals surface area contributed by atoms with Crippen molar-refractivity contribution in [3.63, 3.8) is 0 Å². The summed E-state index contributed by atoms with van der Waals surface area (Å²) in [7, 11) is 1.69. The summed E-state index contributed by atoms with van der Waals surface area (Å²) < 4.78 is 5.45. The standard InChI is InChI=1S/C10H17NO2/c1-10(13-2,7-11-8-12)9-5-3-4-6-9/h9H,3-7H2,1-2H3. The van der Waals surface area contributed by atoms with Gasteiger partial charge in [-0.2, -0.15) is 0 Å². The molecule has 13 heavy (non-hydrogen) atoms. The van der Waals surface area contributed by atoms with Crippen LogP contribution in [-0.4, -0.2) is 25.3 Å². The molecule has 1 unspecified atom stereocenters. The smallest absolute Gasteiger partial charge is 0.235 e. The van der Waals surface area contributed by atoms with Gasteiger partial charge in [-0.3, -0.25) is 0 Å². The van der Waals surface area contributed by atoms with E-state index in [0.29, 0.717) is 12.5 Å². The van der Waals surface area contributed by atoms with Crippen molar-refractivity contribution in [3.8, 4) is 0 Å². The quantitative estimate of drug-likeness (QED) is 0.493. The van der Waals surface area contributed by atoms with E-state index in [1.54, 1.807) is 13.2 Å². The van der Waals surface area contributed by atoms with E-state index in [9.17, 15) is 4.79 Å². The van der Waals surface area contributed by atoms with Crippen molar-refractivity contribution in [1.29, 1.82) is 0 Å². The van der Waals surface area contributed by atoms with Crippen LogP contribution >= 0.6 is 0 Å². The second-order valence-electron chi connectivity index (χ2n) is 3.91. The fourth-order valence-electron chi connectivity index (χ4n) is 2.09. The minimum Gasteiger partial charge on any atom is -0.376 e. The van der Waals surface area contributed by atoms with E-state index in [1.807, 2.05) is 6.92 Å². The first-order valence-electron chi connectivity index (χ1n) is 4.82. The van der Waals surface area contributed by atoms with Gasteiger partial charge in [-0.1, -0.05) is 12.8 Å². The van der Waals surface area contributed by atoms with Gasteiger partial charge in [0.15, 0.2) is 0 Å². The van der Waals surface area contributed by atoms with Crippen molar-refractivity contribution in [2.24, 2.45) is 10.9 Å². The molecule has 0 saturated heterocycles. The van der Waals surface area contributed by atoms with Crippen LogP contribution in [0, 0.1) is 5.92 Å². The van der Waals surface area contributed by atoms with Crippen LogP contribution in [-0.2, 0) is 9.53 Å². The number of isocyanates is 1. The Morgan fingerprint density at radius 2 is 2.15 bits per heavy atom. The van der Waals surface area contributed by atoms with Crippen molar-refractivity contribution in [2.75, 3.05) is 13.7 Å². The Balaban J connectivity index is 2.60. The lowest BCUT2D eigenvalue weighted by Crippen LogP contribution is -2.38. The molecule has 0 amide bonds. The average Bonchev–Trinajstić information content (AvgIpc) is 2.67. The number of nitrogens with zero attached hydrogens (tertiary/aromatic N) is 1. The van der Waals surface area contributed by atoms with Crippen molar-refractivity contribution >= 4 is 6.08 Å². The zero-order chi connectivity index (χ0) is 9.73. The van der Waals surface area contributed by atoms with Gasteiger partial charge in [0.25, 0.3) is 0 Å². The highest BCUT2D eigenvalue weighted by Gasteiger charge is 2.35. The molecule has 1 aliphatic rings. The van der Waals surface area contributed by atoms with Gasteiger partial charge in [-0.25, -0.2) is 9.79 Å². The highest BCUT2D eigenvalue weighted by Crippen LogP contribution is 2.36. The van der Waals surface area contributed by atoms with Crippen molar-refractivity contribution in [2.45, 2.75) is 38.2 Å². The van der Waals surface area contributed by atoms with Crippen molar-refractivity contribution in [1.82, 2.24) is 0 Å². The fourth-order valence-corrected chi connectivity index (χ4v) is 2.09. The Kier molecular flexibility index (Phi) is 3.64. The molecule has 3 heteroatoms. The van der Waals surface area contributed by atoms with Gasteiger partial charge in [0.05, 0.1) is 12.1 Å². The lowest BCUT2D eigenvalue weighted by molar-refractivity contribution is -0.0332. The number of rotatable bonds is 4. The summed E-state index contributed by atoms with van der Waals surface area (Å²) >= 11 is 0. The van der Waals surface area contributed by atoms with Gasteiger partial charge in [-0.05, 0) is 25.7 Å². The molecular formula is C10H17NO2. The van der Waals surface area contributed by atoms with Crippen LogP contribution in [0.4, 0.5) is 0 Å². The number of hydrogen-bond acceptors (Lipinski definition) is 3. The molecule has 0 heterocycles. The summed E-state index contributed by atoms with van der Waals surface area (Å²) in [6, 6.07) is 0. The van der Waals surface area contributed by atoms with Gasteiger partial charge in [0, 0.05) is 7.11 Å². The highest BCUT2D eigenvalue weighted by molar-refractivity contribution is 5.33. The van der Waals surface area contributed by atoms with Gasteiger partial charge < -0.3 is 4.74 Å². The minimum atomic E-state index is -0.256. The molecular weight excluding hydrogens is 166 g/mol. The van der Waals surface area contributed by atoms with E-state index < -0.39 is 0 Å². The van der Waals surface area contributed by atoms with Crippen LogP contribution in [0.5, 0.6) is 0 Å². The summed E-state index contributed by atoms with van der Waals surface area (Å²) in [5.41, 5.74) is -0.256.